The van der Waals surface area contributed by atoms with Gasteiger partial charge in [0.05, 0.1) is 0 Å². The molecule has 3 rings (SSSR count). The van der Waals surface area contributed by atoms with Crippen molar-refractivity contribution in [3.63, 3.8) is 0 Å². The standard InChI is InChI=1S/C16H14N2O2/c19-16(18-11-12-4-2-1-3-5-12)20-14-7-6-13-8-9-17-15(13)10-14/h1-10,17H,11H2,(H,18,19). The van der Waals surface area contributed by atoms with E-state index in [0.29, 0.717) is 12.3 Å². The summed E-state index contributed by atoms with van der Waals surface area (Å²) in [6.07, 6.45) is 1.39. The van der Waals surface area contributed by atoms with Crippen LogP contribution in [0.3, 0.4) is 0 Å². The number of hydrogen-bond donors (Lipinski definition) is 2. The van der Waals surface area contributed by atoms with Crippen LogP contribution >= 0.6 is 0 Å². The number of hydrogen-bond acceptors (Lipinski definition) is 2. The Kier molecular flexibility index (Phi) is 3.37. The number of rotatable bonds is 3. The SMILES string of the molecule is O=C(NCc1ccccc1)Oc1ccc2cc[nH]c2c1. The molecule has 0 saturated carbocycles. The smallest absolute Gasteiger partial charge is 0.410 e. The summed E-state index contributed by atoms with van der Waals surface area (Å²) < 4.78 is 5.24. The Bertz CT molecular complexity index is 719. The number of benzene rings is 2. The maximum absolute atomic E-state index is 11.7. The van der Waals surface area contributed by atoms with Gasteiger partial charge >= 0.3 is 6.09 Å². The Hall–Kier alpha value is -2.75. The molecule has 0 spiro atoms. The monoisotopic (exact) mass is 266 g/mol. The molecule has 1 heterocycles. The molecule has 0 bridgehead atoms. The third-order valence-electron chi connectivity index (χ3n) is 3.02. The van der Waals surface area contributed by atoms with Crippen LogP contribution in [0.5, 0.6) is 5.75 Å². The van der Waals surface area contributed by atoms with Gasteiger partial charge in [0.25, 0.3) is 0 Å². The molecular weight excluding hydrogens is 252 g/mol. The van der Waals surface area contributed by atoms with Gasteiger partial charge in [0.2, 0.25) is 0 Å². The van der Waals surface area contributed by atoms with Crippen molar-refractivity contribution < 1.29 is 9.53 Å². The molecule has 1 amide bonds. The lowest BCUT2D eigenvalue weighted by Crippen LogP contribution is -2.26. The molecule has 2 aromatic carbocycles. The van der Waals surface area contributed by atoms with E-state index in [9.17, 15) is 4.79 Å². The molecule has 0 aliphatic carbocycles. The first-order valence-corrected chi connectivity index (χ1v) is 6.38. The number of aromatic amines is 1. The molecule has 0 fully saturated rings. The summed E-state index contributed by atoms with van der Waals surface area (Å²) in [6, 6.07) is 17.2. The zero-order valence-electron chi connectivity index (χ0n) is 10.8. The molecule has 0 atom stereocenters. The van der Waals surface area contributed by atoms with Crippen LogP contribution in [0.25, 0.3) is 10.9 Å². The number of aromatic nitrogens is 1. The molecule has 3 aromatic rings. The van der Waals surface area contributed by atoms with Gasteiger partial charge in [0.15, 0.2) is 0 Å². The van der Waals surface area contributed by atoms with E-state index in [2.05, 4.69) is 10.3 Å². The summed E-state index contributed by atoms with van der Waals surface area (Å²) in [4.78, 5) is 14.8. The van der Waals surface area contributed by atoms with Crippen molar-refractivity contribution in [2.24, 2.45) is 0 Å². The molecule has 0 saturated heterocycles. The molecule has 0 aliphatic heterocycles. The average molecular weight is 266 g/mol. The van der Waals surface area contributed by atoms with E-state index in [-0.39, 0.29) is 0 Å². The molecular formula is C16H14N2O2. The van der Waals surface area contributed by atoms with E-state index in [1.807, 2.05) is 48.7 Å². The lowest BCUT2D eigenvalue weighted by molar-refractivity contribution is 0.200. The summed E-state index contributed by atoms with van der Waals surface area (Å²) in [5.74, 6) is 0.519. The highest BCUT2D eigenvalue weighted by Crippen LogP contribution is 2.19. The summed E-state index contributed by atoms with van der Waals surface area (Å²) in [5.41, 5.74) is 1.97. The van der Waals surface area contributed by atoms with Crippen LogP contribution in [0, 0.1) is 0 Å². The van der Waals surface area contributed by atoms with Crippen molar-refractivity contribution in [1.29, 1.82) is 0 Å². The minimum Gasteiger partial charge on any atom is -0.410 e. The maximum atomic E-state index is 11.7. The largest absolute Gasteiger partial charge is 0.412 e. The van der Waals surface area contributed by atoms with Gasteiger partial charge in [-0.25, -0.2) is 4.79 Å². The third-order valence-corrected chi connectivity index (χ3v) is 3.02. The summed E-state index contributed by atoms with van der Waals surface area (Å²) in [5, 5.41) is 3.80. The molecule has 0 unspecified atom stereocenters. The second-order valence-electron chi connectivity index (χ2n) is 4.46. The molecule has 100 valence electrons. The minimum absolute atomic E-state index is 0.449. The molecule has 1 aromatic heterocycles. The third kappa shape index (κ3) is 2.80. The second-order valence-corrected chi connectivity index (χ2v) is 4.46. The summed E-state index contributed by atoms with van der Waals surface area (Å²) in [6.45, 7) is 0.449. The average Bonchev–Trinajstić information content (AvgIpc) is 2.94. The fourth-order valence-corrected chi connectivity index (χ4v) is 2.00. The summed E-state index contributed by atoms with van der Waals surface area (Å²) >= 11 is 0. The molecule has 4 heteroatoms. The first kappa shape index (κ1) is 12.3. The van der Waals surface area contributed by atoms with Gasteiger partial charge in [-0.3, -0.25) is 0 Å². The molecule has 0 aliphatic rings. The molecule has 2 N–H and O–H groups in total. The number of carbonyl (C=O) groups is 1. The molecule has 20 heavy (non-hydrogen) atoms. The van der Waals surface area contributed by atoms with E-state index >= 15 is 0 Å². The Morgan fingerprint density at radius 3 is 2.80 bits per heavy atom. The normalized spacial score (nSPS) is 10.4. The molecule has 0 radical (unpaired) electrons. The second kappa shape index (κ2) is 5.48. The van der Waals surface area contributed by atoms with Gasteiger partial charge in [-0.05, 0) is 29.1 Å². The lowest BCUT2D eigenvalue weighted by Gasteiger charge is -2.06. The van der Waals surface area contributed by atoms with E-state index in [1.54, 1.807) is 12.1 Å². The predicted octanol–water partition coefficient (Wildman–Crippen LogP) is 3.46. The van der Waals surface area contributed by atoms with Crippen LogP contribution < -0.4 is 10.1 Å². The first-order chi connectivity index (χ1) is 9.81. The van der Waals surface area contributed by atoms with E-state index in [4.69, 9.17) is 4.74 Å². The number of fused-ring (bicyclic) bond motifs is 1. The first-order valence-electron chi connectivity index (χ1n) is 6.38. The van der Waals surface area contributed by atoms with Crippen LogP contribution in [-0.4, -0.2) is 11.1 Å². The number of H-pyrrole nitrogens is 1. The van der Waals surface area contributed by atoms with Gasteiger partial charge in [-0.15, -0.1) is 0 Å². The van der Waals surface area contributed by atoms with Gasteiger partial charge < -0.3 is 15.0 Å². The van der Waals surface area contributed by atoms with E-state index in [1.165, 1.54) is 0 Å². The quantitative estimate of drug-likeness (QED) is 0.762. The van der Waals surface area contributed by atoms with Crippen molar-refractivity contribution in [1.82, 2.24) is 10.3 Å². The Labute approximate surface area is 116 Å². The maximum Gasteiger partial charge on any atom is 0.412 e. The van der Waals surface area contributed by atoms with Crippen molar-refractivity contribution in [3.8, 4) is 5.75 Å². The number of carbonyl (C=O) groups excluding carboxylic acids is 1. The zero-order chi connectivity index (χ0) is 13.8. The van der Waals surface area contributed by atoms with Gasteiger partial charge in [0, 0.05) is 24.3 Å². The number of nitrogens with one attached hydrogen (secondary N) is 2. The number of amides is 1. The highest BCUT2D eigenvalue weighted by Gasteiger charge is 2.05. The van der Waals surface area contributed by atoms with Crippen LogP contribution in [0.4, 0.5) is 4.79 Å². The van der Waals surface area contributed by atoms with Crippen molar-refractivity contribution in [2.45, 2.75) is 6.54 Å². The summed E-state index contributed by atoms with van der Waals surface area (Å²) in [7, 11) is 0. The Balaban J connectivity index is 1.61. The van der Waals surface area contributed by atoms with Gasteiger partial charge in [0.1, 0.15) is 5.75 Å². The Morgan fingerprint density at radius 1 is 1.10 bits per heavy atom. The van der Waals surface area contributed by atoms with Crippen LogP contribution in [0.1, 0.15) is 5.56 Å². The molecule has 4 nitrogen and oxygen atoms in total. The predicted molar refractivity (Wildman–Crippen MR) is 77.6 cm³/mol. The highest BCUT2D eigenvalue weighted by atomic mass is 16.6. The minimum atomic E-state index is -0.459. The zero-order valence-corrected chi connectivity index (χ0v) is 10.8. The Morgan fingerprint density at radius 2 is 1.95 bits per heavy atom. The van der Waals surface area contributed by atoms with Crippen molar-refractivity contribution in [2.75, 3.05) is 0 Å². The van der Waals surface area contributed by atoms with Crippen LogP contribution in [0.15, 0.2) is 60.8 Å². The van der Waals surface area contributed by atoms with Crippen molar-refractivity contribution in [3.05, 3.63) is 66.4 Å². The van der Waals surface area contributed by atoms with Crippen LogP contribution in [0.2, 0.25) is 0 Å². The highest BCUT2D eigenvalue weighted by molar-refractivity contribution is 5.81. The van der Waals surface area contributed by atoms with Gasteiger partial charge in [-0.1, -0.05) is 30.3 Å². The van der Waals surface area contributed by atoms with Gasteiger partial charge in [-0.2, -0.15) is 0 Å². The lowest BCUT2D eigenvalue weighted by atomic mass is 10.2. The number of ether oxygens (including phenoxy) is 1. The van der Waals surface area contributed by atoms with Crippen molar-refractivity contribution >= 4 is 17.0 Å². The van der Waals surface area contributed by atoms with E-state index in [0.717, 1.165) is 16.5 Å². The fraction of sp³-hybridized carbons (Fsp3) is 0.0625. The fourth-order valence-electron chi connectivity index (χ4n) is 2.00. The van der Waals surface area contributed by atoms with E-state index < -0.39 is 6.09 Å². The topological polar surface area (TPSA) is 54.1 Å². The van der Waals surface area contributed by atoms with Crippen LogP contribution in [-0.2, 0) is 6.54 Å².